The average Bonchev–Trinajstić information content (AvgIpc) is 3.65. The molecule has 0 radical (unpaired) electrons. The van der Waals surface area contributed by atoms with Crippen LogP contribution in [0.2, 0.25) is 0 Å². The second-order valence-electron chi connectivity index (χ2n) is 10.2. The number of hydrogen-bond acceptors (Lipinski definition) is 8. The van der Waals surface area contributed by atoms with Crippen molar-refractivity contribution in [1.29, 1.82) is 5.26 Å². The number of fused-ring (bicyclic) bond motifs is 1. The molecule has 3 aromatic heterocycles. The van der Waals surface area contributed by atoms with Gasteiger partial charge in [-0.2, -0.15) is 5.26 Å². The monoisotopic (exact) mass is 582 g/mol. The van der Waals surface area contributed by atoms with E-state index in [0.29, 0.717) is 24.5 Å². The van der Waals surface area contributed by atoms with E-state index in [2.05, 4.69) is 14.5 Å². The van der Waals surface area contributed by atoms with E-state index in [1.54, 1.807) is 53.9 Å². The van der Waals surface area contributed by atoms with Crippen molar-refractivity contribution < 1.29 is 19.0 Å². The summed E-state index contributed by atoms with van der Waals surface area (Å²) in [5, 5.41) is 21.3. The van der Waals surface area contributed by atoms with E-state index in [1.165, 1.54) is 6.07 Å². The molecular formula is C31H27FN6O3S. The fourth-order valence-corrected chi connectivity index (χ4v) is 5.88. The van der Waals surface area contributed by atoms with E-state index in [0.717, 1.165) is 53.5 Å². The van der Waals surface area contributed by atoms with Gasteiger partial charge in [0.2, 0.25) is 5.88 Å². The maximum atomic E-state index is 14.2. The molecule has 212 valence electrons. The van der Waals surface area contributed by atoms with E-state index < -0.39 is 11.8 Å². The highest BCUT2D eigenvalue weighted by atomic mass is 32.1. The number of imidazole rings is 1. The number of carboxylic acids is 1. The predicted molar refractivity (Wildman–Crippen MR) is 155 cm³/mol. The molecule has 9 nitrogen and oxygen atoms in total. The third-order valence-electron chi connectivity index (χ3n) is 7.52. The quantitative estimate of drug-likeness (QED) is 0.239. The third-order valence-corrected chi connectivity index (χ3v) is 8.29. The maximum Gasteiger partial charge on any atom is 0.335 e. The molecule has 0 saturated carbocycles. The average molecular weight is 583 g/mol. The van der Waals surface area contributed by atoms with Gasteiger partial charge in [0.05, 0.1) is 41.3 Å². The zero-order chi connectivity index (χ0) is 29.1. The summed E-state index contributed by atoms with van der Waals surface area (Å²) in [5.41, 5.74) is 3.38. The number of aromatic nitrogens is 4. The molecule has 0 amide bonds. The summed E-state index contributed by atoms with van der Waals surface area (Å²) >= 11 is 1.56. The minimum atomic E-state index is -0.966. The molecule has 0 unspecified atom stereocenters. The maximum absolute atomic E-state index is 14.2. The third kappa shape index (κ3) is 6.00. The molecule has 0 atom stereocenters. The molecule has 0 spiro atoms. The van der Waals surface area contributed by atoms with E-state index in [9.17, 15) is 14.3 Å². The van der Waals surface area contributed by atoms with E-state index >= 15 is 0 Å². The number of aromatic carboxylic acids is 1. The van der Waals surface area contributed by atoms with Crippen molar-refractivity contribution in [2.75, 3.05) is 13.1 Å². The summed E-state index contributed by atoms with van der Waals surface area (Å²) in [6.07, 6.45) is 3.60. The van der Waals surface area contributed by atoms with E-state index in [1.807, 2.05) is 23.6 Å². The number of likely N-dealkylation sites (tertiary alicyclic amines) is 1. The number of benzene rings is 2. The van der Waals surface area contributed by atoms with Gasteiger partial charge >= 0.3 is 5.97 Å². The zero-order valence-electron chi connectivity index (χ0n) is 22.6. The van der Waals surface area contributed by atoms with Crippen LogP contribution in [0, 0.1) is 17.1 Å². The Hall–Kier alpha value is -4.66. The molecule has 1 saturated heterocycles. The Morgan fingerprint density at radius 1 is 1.12 bits per heavy atom. The molecule has 0 bridgehead atoms. The molecule has 42 heavy (non-hydrogen) atoms. The molecular weight excluding hydrogens is 555 g/mol. The number of piperidine rings is 1. The highest BCUT2D eigenvalue weighted by molar-refractivity contribution is 7.09. The Labute approximate surface area is 245 Å². The first kappa shape index (κ1) is 27.5. The van der Waals surface area contributed by atoms with Crippen molar-refractivity contribution in [3.8, 4) is 11.9 Å². The number of thiazole rings is 1. The summed E-state index contributed by atoms with van der Waals surface area (Å²) < 4.78 is 22.1. The van der Waals surface area contributed by atoms with Gasteiger partial charge in [0.1, 0.15) is 23.3 Å². The highest BCUT2D eigenvalue weighted by Crippen LogP contribution is 2.30. The standard InChI is InChI=1S/C31H27FN6O3S/c32-24-14-20(16-33)4-5-23(24)19-41-29-3-1-2-25(36-29)21-8-11-37(12-9-21)17-28-35-26-7-6-22(31(39)40)15-27(26)38(28)18-30-34-10-13-42-30/h1-7,10,13-15,21H,8-9,11-12,17-19H2,(H,39,40). The van der Waals surface area contributed by atoms with Crippen LogP contribution in [0.5, 0.6) is 5.88 Å². The Morgan fingerprint density at radius 3 is 2.71 bits per heavy atom. The number of pyridine rings is 1. The van der Waals surface area contributed by atoms with Gasteiger partial charge in [-0.15, -0.1) is 11.3 Å². The van der Waals surface area contributed by atoms with Crippen molar-refractivity contribution in [2.45, 2.75) is 38.5 Å². The topological polar surface area (TPSA) is 117 Å². The van der Waals surface area contributed by atoms with Crippen LogP contribution in [-0.2, 0) is 19.7 Å². The number of nitrogens with zero attached hydrogens (tertiary/aromatic N) is 6. The highest BCUT2D eigenvalue weighted by Gasteiger charge is 2.24. The van der Waals surface area contributed by atoms with Gasteiger partial charge in [-0.3, -0.25) is 4.90 Å². The summed E-state index contributed by atoms with van der Waals surface area (Å²) in [5.74, 6) is 0.149. The lowest BCUT2D eigenvalue weighted by Gasteiger charge is -2.31. The SMILES string of the molecule is N#Cc1ccc(COc2cccc(C3CCN(Cc4nc5ccc(C(=O)O)cc5n4Cc4nccs4)CC3)n2)c(F)c1. The fraction of sp³-hybridized carbons (Fsp3) is 0.258. The molecule has 4 heterocycles. The molecule has 2 aromatic carbocycles. The molecule has 1 fully saturated rings. The fourth-order valence-electron chi connectivity index (χ4n) is 5.28. The van der Waals surface area contributed by atoms with Gasteiger partial charge in [0.15, 0.2) is 0 Å². The molecule has 5 aromatic rings. The lowest BCUT2D eigenvalue weighted by Crippen LogP contribution is -2.33. The lowest BCUT2D eigenvalue weighted by molar-refractivity contribution is 0.0697. The van der Waals surface area contributed by atoms with Gasteiger partial charge in [-0.05, 0) is 62.3 Å². The van der Waals surface area contributed by atoms with Gasteiger partial charge < -0.3 is 14.4 Å². The number of carboxylic acid groups (broad SMARTS) is 1. The van der Waals surface area contributed by atoms with Crippen LogP contribution >= 0.6 is 11.3 Å². The number of nitriles is 1. The lowest BCUT2D eigenvalue weighted by atomic mass is 9.93. The second-order valence-corrected chi connectivity index (χ2v) is 11.2. The van der Waals surface area contributed by atoms with Crippen LogP contribution in [-0.4, -0.2) is 48.6 Å². The minimum Gasteiger partial charge on any atom is -0.478 e. The number of carbonyl (C=O) groups is 1. The molecule has 11 heteroatoms. The first-order valence-corrected chi connectivity index (χ1v) is 14.5. The summed E-state index contributed by atoms with van der Waals surface area (Å²) in [4.78, 5) is 28.0. The van der Waals surface area contributed by atoms with Crippen molar-refractivity contribution in [3.63, 3.8) is 0 Å². The van der Waals surface area contributed by atoms with Crippen LogP contribution in [0.3, 0.4) is 0 Å². The first-order valence-electron chi connectivity index (χ1n) is 13.6. The molecule has 1 aliphatic heterocycles. The Kier molecular flexibility index (Phi) is 7.90. The van der Waals surface area contributed by atoms with Crippen LogP contribution < -0.4 is 4.74 Å². The Bertz CT molecular complexity index is 1770. The van der Waals surface area contributed by atoms with Gasteiger partial charge in [0.25, 0.3) is 0 Å². The van der Waals surface area contributed by atoms with E-state index in [-0.39, 0.29) is 23.7 Å². The second kappa shape index (κ2) is 12.1. The molecule has 1 aliphatic rings. The number of ether oxygens (including phenoxy) is 1. The number of rotatable bonds is 9. The first-order chi connectivity index (χ1) is 20.5. The van der Waals surface area contributed by atoms with Gasteiger partial charge in [0, 0.05) is 34.8 Å². The van der Waals surface area contributed by atoms with Gasteiger partial charge in [-0.1, -0.05) is 12.1 Å². The predicted octanol–water partition coefficient (Wildman–Crippen LogP) is 5.60. The smallest absolute Gasteiger partial charge is 0.335 e. The number of halogens is 1. The Morgan fingerprint density at radius 2 is 1.98 bits per heavy atom. The largest absolute Gasteiger partial charge is 0.478 e. The van der Waals surface area contributed by atoms with Gasteiger partial charge in [-0.25, -0.2) is 24.1 Å². The van der Waals surface area contributed by atoms with Crippen LogP contribution in [0.15, 0.2) is 66.2 Å². The van der Waals surface area contributed by atoms with Crippen LogP contribution in [0.25, 0.3) is 11.0 Å². The minimum absolute atomic E-state index is 0.0301. The number of hydrogen-bond donors (Lipinski definition) is 1. The summed E-state index contributed by atoms with van der Waals surface area (Å²) in [6.45, 7) is 2.92. The Balaban J connectivity index is 1.12. The van der Waals surface area contributed by atoms with Crippen LogP contribution in [0.1, 0.15) is 56.8 Å². The summed E-state index contributed by atoms with van der Waals surface area (Å²) in [7, 11) is 0. The van der Waals surface area contributed by atoms with Crippen LogP contribution in [0.4, 0.5) is 4.39 Å². The summed E-state index contributed by atoms with van der Waals surface area (Å²) in [6, 6.07) is 17.0. The van der Waals surface area contributed by atoms with E-state index in [4.69, 9.17) is 20.0 Å². The zero-order valence-corrected chi connectivity index (χ0v) is 23.4. The van der Waals surface area contributed by atoms with Crippen molar-refractivity contribution in [3.05, 3.63) is 105 Å². The molecule has 0 aliphatic carbocycles. The van der Waals surface area contributed by atoms with Crippen molar-refractivity contribution in [2.24, 2.45) is 0 Å². The van der Waals surface area contributed by atoms with Crippen molar-refractivity contribution in [1.82, 2.24) is 24.4 Å². The molecule has 6 rings (SSSR count). The normalized spacial score (nSPS) is 14.2. The van der Waals surface area contributed by atoms with Crippen molar-refractivity contribution >= 4 is 28.3 Å². The molecule has 1 N–H and O–H groups in total.